The van der Waals surface area contributed by atoms with Crippen molar-refractivity contribution < 1.29 is 9.53 Å². The van der Waals surface area contributed by atoms with E-state index in [2.05, 4.69) is 25.9 Å². The fourth-order valence-electron chi connectivity index (χ4n) is 2.45. The molecule has 1 heterocycles. The monoisotopic (exact) mass is 359 g/mol. The number of hydrogen-bond acceptors (Lipinski definition) is 4. The highest BCUT2D eigenvalue weighted by atomic mass is 16.5. The fourth-order valence-corrected chi connectivity index (χ4v) is 2.45. The highest BCUT2D eigenvalue weighted by molar-refractivity contribution is 5.81. The number of nitrogens with zero attached hydrogens (tertiary/aromatic N) is 2. The number of carbonyl (C=O) groups excluding carboxylic acids is 1. The van der Waals surface area contributed by atoms with Gasteiger partial charge >= 0.3 is 0 Å². The smallest absolute Gasteiger partial charge is 0.223 e. The number of aliphatic imine (C=N–C) groups is 1. The van der Waals surface area contributed by atoms with Gasteiger partial charge < -0.3 is 20.7 Å². The molecule has 0 spiro atoms. The molecule has 1 aromatic heterocycles. The normalized spacial score (nSPS) is 16.9. The number of nitrogens with one attached hydrogen (secondary N) is 3. The number of pyridine rings is 1. The topological polar surface area (TPSA) is 87.6 Å². The fraction of sp³-hybridized carbons (Fsp3) is 0.632. The van der Waals surface area contributed by atoms with Crippen molar-refractivity contribution in [2.75, 3.05) is 26.2 Å². The molecule has 7 nitrogen and oxygen atoms in total. The van der Waals surface area contributed by atoms with E-state index in [1.807, 2.05) is 25.3 Å². The van der Waals surface area contributed by atoms with Crippen LogP contribution in [0.3, 0.4) is 0 Å². The third-order valence-electron chi connectivity index (χ3n) is 4.39. The van der Waals surface area contributed by atoms with Crippen LogP contribution in [-0.2, 0) is 11.3 Å². The molecule has 7 heteroatoms. The van der Waals surface area contributed by atoms with Crippen LogP contribution >= 0.6 is 0 Å². The van der Waals surface area contributed by atoms with E-state index in [-0.39, 0.29) is 11.8 Å². The summed E-state index contributed by atoms with van der Waals surface area (Å²) in [4.78, 5) is 20.5. The molecule has 3 N–H and O–H groups in total. The Morgan fingerprint density at radius 3 is 2.65 bits per heavy atom. The molecular weight excluding hydrogens is 330 g/mol. The number of aromatic nitrogens is 1. The van der Waals surface area contributed by atoms with Crippen molar-refractivity contribution >= 4 is 11.9 Å². The molecule has 0 aliphatic heterocycles. The second-order valence-electron chi connectivity index (χ2n) is 6.95. The van der Waals surface area contributed by atoms with Gasteiger partial charge in [0.1, 0.15) is 0 Å². The molecule has 0 bridgehead atoms. The summed E-state index contributed by atoms with van der Waals surface area (Å²) in [6.07, 6.45) is 6.42. The Kier molecular flexibility index (Phi) is 6.68. The predicted molar refractivity (Wildman–Crippen MR) is 101 cm³/mol. The number of hydrogen-bond donors (Lipinski definition) is 3. The summed E-state index contributed by atoms with van der Waals surface area (Å²) >= 11 is 0. The first kappa shape index (κ1) is 18.5. The number of rotatable bonds is 10. The molecule has 3 rings (SSSR count). The summed E-state index contributed by atoms with van der Waals surface area (Å²) in [6, 6.07) is 3.90. The zero-order chi connectivity index (χ0) is 18.2. The Hall–Kier alpha value is -2.31. The quantitative estimate of drug-likeness (QED) is 0.334. The van der Waals surface area contributed by atoms with E-state index < -0.39 is 0 Å². The first-order chi connectivity index (χ1) is 12.7. The van der Waals surface area contributed by atoms with Crippen molar-refractivity contribution in [3.05, 3.63) is 23.9 Å². The summed E-state index contributed by atoms with van der Waals surface area (Å²) in [5, 5.41) is 9.38. The molecule has 0 unspecified atom stereocenters. The van der Waals surface area contributed by atoms with Gasteiger partial charge in [0.05, 0.1) is 13.2 Å². The van der Waals surface area contributed by atoms with Crippen molar-refractivity contribution in [3.63, 3.8) is 0 Å². The minimum Gasteiger partial charge on any atom is -0.477 e. The lowest BCUT2D eigenvalue weighted by atomic mass is 10.3. The zero-order valence-corrected chi connectivity index (χ0v) is 15.5. The Labute approximate surface area is 155 Å². The Balaban J connectivity index is 1.39. The molecule has 2 saturated carbocycles. The molecule has 26 heavy (non-hydrogen) atoms. The summed E-state index contributed by atoms with van der Waals surface area (Å²) in [5.41, 5.74) is 1.03. The van der Waals surface area contributed by atoms with Gasteiger partial charge in [-0.05, 0) is 44.1 Å². The van der Waals surface area contributed by atoms with Crippen molar-refractivity contribution in [1.82, 2.24) is 20.9 Å². The SMILES string of the molecule is CCNC(=NCc1ccc(OCC2CC2)nc1)NCCNC(=O)C1CC1. The van der Waals surface area contributed by atoms with Gasteiger partial charge in [0, 0.05) is 37.8 Å². The van der Waals surface area contributed by atoms with Gasteiger partial charge in [-0.2, -0.15) is 0 Å². The maximum atomic E-state index is 11.6. The number of ether oxygens (including phenoxy) is 1. The van der Waals surface area contributed by atoms with Gasteiger partial charge in [-0.25, -0.2) is 9.98 Å². The highest BCUT2D eigenvalue weighted by Gasteiger charge is 2.28. The molecule has 0 radical (unpaired) electrons. The van der Waals surface area contributed by atoms with E-state index in [0.717, 1.165) is 43.4 Å². The van der Waals surface area contributed by atoms with E-state index >= 15 is 0 Å². The van der Waals surface area contributed by atoms with Gasteiger partial charge in [-0.1, -0.05) is 6.07 Å². The predicted octanol–water partition coefficient (Wildman–Crippen LogP) is 1.45. The van der Waals surface area contributed by atoms with Crippen LogP contribution in [0.5, 0.6) is 5.88 Å². The van der Waals surface area contributed by atoms with Crippen LogP contribution < -0.4 is 20.7 Å². The Morgan fingerprint density at radius 1 is 1.19 bits per heavy atom. The van der Waals surface area contributed by atoms with Gasteiger partial charge in [0.15, 0.2) is 5.96 Å². The van der Waals surface area contributed by atoms with Gasteiger partial charge in [-0.15, -0.1) is 0 Å². The van der Waals surface area contributed by atoms with Crippen molar-refractivity contribution in [2.24, 2.45) is 16.8 Å². The molecule has 0 atom stereocenters. The lowest BCUT2D eigenvalue weighted by Gasteiger charge is -2.12. The second kappa shape index (κ2) is 9.40. The van der Waals surface area contributed by atoms with Crippen molar-refractivity contribution in [3.8, 4) is 5.88 Å². The summed E-state index contributed by atoms with van der Waals surface area (Å²) in [6.45, 7) is 5.38. The molecule has 1 amide bonds. The first-order valence-corrected chi connectivity index (χ1v) is 9.62. The average molecular weight is 359 g/mol. The van der Waals surface area contributed by atoms with E-state index in [4.69, 9.17) is 4.74 Å². The number of carbonyl (C=O) groups is 1. The molecule has 2 aliphatic rings. The molecule has 0 aromatic carbocycles. The van der Waals surface area contributed by atoms with Gasteiger partial charge in [0.25, 0.3) is 0 Å². The molecular formula is C19H29N5O2. The second-order valence-corrected chi connectivity index (χ2v) is 6.95. The summed E-state index contributed by atoms with van der Waals surface area (Å²) < 4.78 is 5.65. The molecule has 2 aliphatic carbocycles. The van der Waals surface area contributed by atoms with Crippen LogP contribution in [0.4, 0.5) is 0 Å². The van der Waals surface area contributed by atoms with Crippen molar-refractivity contribution in [2.45, 2.75) is 39.2 Å². The molecule has 1 aromatic rings. The number of guanidine groups is 1. The zero-order valence-electron chi connectivity index (χ0n) is 15.5. The highest BCUT2D eigenvalue weighted by Crippen LogP contribution is 2.29. The Morgan fingerprint density at radius 2 is 2.00 bits per heavy atom. The van der Waals surface area contributed by atoms with Crippen LogP contribution in [0.1, 0.15) is 38.2 Å². The minimum absolute atomic E-state index is 0.170. The molecule has 0 saturated heterocycles. The third-order valence-corrected chi connectivity index (χ3v) is 4.39. The maximum absolute atomic E-state index is 11.6. The van der Waals surface area contributed by atoms with Crippen LogP contribution in [0.2, 0.25) is 0 Å². The molecule has 2 fully saturated rings. The van der Waals surface area contributed by atoms with Gasteiger partial charge in [0.2, 0.25) is 11.8 Å². The lowest BCUT2D eigenvalue weighted by Crippen LogP contribution is -2.41. The largest absolute Gasteiger partial charge is 0.477 e. The standard InChI is InChI=1S/C19H29N5O2/c1-2-20-19(22-10-9-21-18(25)16-6-7-16)24-12-15-5-8-17(23-11-15)26-13-14-3-4-14/h5,8,11,14,16H,2-4,6-7,9-10,12-13H2,1H3,(H,21,25)(H2,20,22,24). The minimum atomic E-state index is 0.170. The third kappa shape index (κ3) is 6.54. The lowest BCUT2D eigenvalue weighted by molar-refractivity contribution is -0.122. The van der Waals surface area contributed by atoms with E-state index in [0.29, 0.717) is 25.5 Å². The first-order valence-electron chi connectivity index (χ1n) is 9.62. The maximum Gasteiger partial charge on any atom is 0.223 e. The summed E-state index contributed by atoms with van der Waals surface area (Å²) in [5.74, 6) is 2.57. The van der Waals surface area contributed by atoms with Crippen LogP contribution in [-0.4, -0.2) is 43.1 Å². The van der Waals surface area contributed by atoms with Gasteiger partial charge in [-0.3, -0.25) is 4.79 Å². The van der Waals surface area contributed by atoms with Crippen molar-refractivity contribution in [1.29, 1.82) is 0 Å². The van der Waals surface area contributed by atoms with Crippen LogP contribution in [0, 0.1) is 11.8 Å². The van der Waals surface area contributed by atoms with E-state index in [1.54, 1.807) is 0 Å². The van der Waals surface area contributed by atoms with E-state index in [1.165, 1.54) is 12.8 Å². The summed E-state index contributed by atoms with van der Waals surface area (Å²) in [7, 11) is 0. The Bertz CT molecular complexity index is 609. The van der Waals surface area contributed by atoms with Crippen LogP contribution in [0.15, 0.2) is 23.3 Å². The van der Waals surface area contributed by atoms with Crippen LogP contribution in [0.25, 0.3) is 0 Å². The van der Waals surface area contributed by atoms with E-state index in [9.17, 15) is 4.79 Å². The average Bonchev–Trinajstić information content (AvgIpc) is 3.55. The molecule has 142 valence electrons. The number of amides is 1.